The van der Waals surface area contributed by atoms with Crippen molar-refractivity contribution >= 4 is 89.6 Å². The van der Waals surface area contributed by atoms with Crippen LogP contribution in [0.15, 0.2) is 128 Å². The van der Waals surface area contributed by atoms with Crippen LogP contribution < -0.4 is 15.1 Å². The average molecular weight is 967 g/mol. The number of oxazole rings is 1. The van der Waals surface area contributed by atoms with Crippen LogP contribution in [0.25, 0.3) is 22.6 Å². The summed E-state index contributed by atoms with van der Waals surface area (Å²) < 4.78 is 26.2. The Morgan fingerprint density at radius 1 is 0.902 bits per heavy atom. The predicted octanol–water partition coefficient (Wildman–Crippen LogP) is 9.72. The second-order valence-corrected chi connectivity index (χ2v) is 17.6. The molecule has 1 saturated carbocycles. The Bertz CT molecular complexity index is 2840. The molecule has 6 unspecified atom stereocenters. The van der Waals surface area contributed by atoms with Gasteiger partial charge in [-0.2, -0.15) is 5.01 Å². The third-order valence-corrected chi connectivity index (χ3v) is 15.0. The van der Waals surface area contributed by atoms with Gasteiger partial charge in [-0.1, -0.05) is 47.5 Å². The third-order valence-electron chi connectivity index (χ3n) is 12.6. The minimum absolute atomic E-state index is 0.0375. The number of nitrogens with zero attached hydrogens (tertiary/aromatic N) is 3. The zero-order valence-electron chi connectivity index (χ0n) is 31.9. The number of carbonyl (C=O) groups excluding carboxylic acids is 4. The van der Waals surface area contributed by atoms with Gasteiger partial charge in [0.2, 0.25) is 17.7 Å². The monoisotopic (exact) mass is 964 g/mol. The molecule has 0 bridgehead atoms. The number of benzene rings is 5. The van der Waals surface area contributed by atoms with E-state index in [1.54, 1.807) is 54.6 Å². The number of halogens is 4. The number of hydrogen-bond donors (Lipinski definition) is 2. The second-order valence-electron chi connectivity index (χ2n) is 15.6. The summed E-state index contributed by atoms with van der Waals surface area (Å²) in [4.78, 5) is 65.7. The van der Waals surface area contributed by atoms with Gasteiger partial charge in [0.1, 0.15) is 11.3 Å². The maximum absolute atomic E-state index is 15.5. The lowest BCUT2D eigenvalue weighted by molar-refractivity contribution is -0.138. The summed E-state index contributed by atoms with van der Waals surface area (Å²) in [5.74, 6) is -6.48. The molecule has 1 aromatic heterocycles. The number of methoxy groups -OCH3 is 1. The number of para-hydroxylation sites is 2. The zero-order valence-corrected chi connectivity index (χ0v) is 35.9. The molecule has 0 spiro atoms. The van der Waals surface area contributed by atoms with Gasteiger partial charge >= 0.3 is 0 Å². The highest BCUT2D eigenvalue weighted by Gasteiger charge is 2.70. The zero-order chi connectivity index (χ0) is 42.5. The summed E-state index contributed by atoms with van der Waals surface area (Å²) in [5, 5.41) is 12.5. The smallest absolute Gasteiger partial charge is 0.260 e. The number of hydrogen-bond acceptors (Lipinski definition) is 9. The molecule has 3 fully saturated rings. The molecule has 61 heavy (non-hydrogen) atoms. The second kappa shape index (κ2) is 14.7. The Kier molecular flexibility index (Phi) is 9.46. The van der Waals surface area contributed by atoms with E-state index in [0.717, 1.165) is 5.01 Å². The number of imide groups is 2. The number of phenolic OH excluding ortho intramolecular Hbond substituents is 1. The minimum atomic E-state index is -1.65. The van der Waals surface area contributed by atoms with Crippen LogP contribution in [-0.4, -0.2) is 45.8 Å². The van der Waals surface area contributed by atoms with E-state index < -0.39 is 58.5 Å². The van der Waals surface area contributed by atoms with E-state index in [9.17, 15) is 19.1 Å². The van der Waals surface area contributed by atoms with Gasteiger partial charge < -0.3 is 14.3 Å². The fourth-order valence-corrected chi connectivity index (χ4v) is 11.1. The van der Waals surface area contributed by atoms with Crippen LogP contribution in [0.1, 0.15) is 29.9 Å². The van der Waals surface area contributed by atoms with E-state index in [2.05, 4.69) is 42.3 Å². The van der Waals surface area contributed by atoms with Gasteiger partial charge in [-0.3, -0.25) is 29.5 Å². The first-order chi connectivity index (χ1) is 29.4. The molecule has 11 nitrogen and oxygen atoms in total. The van der Waals surface area contributed by atoms with Crippen LogP contribution in [0, 0.1) is 29.5 Å². The number of anilines is 2. The summed E-state index contributed by atoms with van der Waals surface area (Å²) in [7, 11) is 1.40. The number of rotatable bonds is 7. The topological polar surface area (TPSA) is 142 Å². The largest absolute Gasteiger partial charge is 0.503 e. The summed E-state index contributed by atoms with van der Waals surface area (Å²) in [6, 6.07) is 27.9. The number of hydrazine groups is 1. The molecule has 2 aliphatic heterocycles. The minimum Gasteiger partial charge on any atom is -0.503 e. The van der Waals surface area contributed by atoms with Crippen LogP contribution in [0.3, 0.4) is 0 Å². The number of ether oxygens (including phenoxy) is 1. The van der Waals surface area contributed by atoms with Gasteiger partial charge in [0.25, 0.3) is 11.8 Å². The lowest BCUT2D eigenvalue weighted by Gasteiger charge is -2.51. The third kappa shape index (κ3) is 5.89. The van der Waals surface area contributed by atoms with Gasteiger partial charge in [0, 0.05) is 21.0 Å². The molecule has 2 saturated heterocycles. The van der Waals surface area contributed by atoms with E-state index in [4.69, 9.17) is 20.8 Å². The number of aromatic nitrogens is 1. The maximum atomic E-state index is 15.5. The van der Waals surface area contributed by atoms with Gasteiger partial charge in [-0.15, -0.1) is 0 Å². The van der Waals surface area contributed by atoms with E-state index in [0.29, 0.717) is 60.1 Å². The molecule has 2 aliphatic carbocycles. The van der Waals surface area contributed by atoms with Crippen LogP contribution in [-0.2, 0) is 24.6 Å². The van der Waals surface area contributed by atoms with Crippen molar-refractivity contribution in [3.8, 4) is 23.0 Å². The van der Waals surface area contributed by atoms with Crippen molar-refractivity contribution in [2.24, 2.45) is 23.7 Å². The Balaban J connectivity index is 1.11. The molecular formula is C46H32Br2ClFN4O7. The number of amides is 4. The quantitative estimate of drug-likeness (QED) is 0.118. The van der Waals surface area contributed by atoms with Gasteiger partial charge in [-0.25, -0.2) is 9.37 Å². The number of fused-ring (bicyclic) bond motifs is 5. The highest BCUT2D eigenvalue weighted by atomic mass is 79.9. The predicted molar refractivity (Wildman–Crippen MR) is 231 cm³/mol. The molecule has 6 atom stereocenters. The van der Waals surface area contributed by atoms with Crippen molar-refractivity contribution in [3.05, 3.63) is 146 Å². The number of allylic oxidation sites excluding steroid dienone is 2. The van der Waals surface area contributed by atoms with E-state index in [-0.39, 0.29) is 34.7 Å². The number of carbonyl (C=O) groups is 4. The Labute approximate surface area is 369 Å². The highest BCUT2D eigenvalue weighted by molar-refractivity contribution is 9.13. The molecule has 306 valence electrons. The van der Waals surface area contributed by atoms with Crippen molar-refractivity contribution in [2.75, 3.05) is 17.4 Å². The summed E-state index contributed by atoms with van der Waals surface area (Å²) in [6.07, 6.45) is 2.16. The molecule has 6 aromatic rings. The number of nitrogens with one attached hydrogen (secondary N) is 1. The van der Waals surface area contributed by atoms with Crippen LogP contribution in [0.2, 0.25) is 5.02 Å². The van der Waals surface area contributed by atoms with E-state index >= 15 is 9.59 Å². The average Bonchev–Trinajstić information content (AvgIpc) is 3.88. The molecule has 15 heteroatoms. The molecule has 3 heterocycles. The fourth-order valence-electron chi connectivity index (χ4n) is 9.98. The van der Waals surface area contributed by atoms with Gasteiger partial charge in [0.05, 0.1) is 46.1 Å². The van der Waals surface area contributed by atoms with Crippen LogP contribution in [0.5, 0.6) is 11.5 Å². The standard InChI is InChI=1S/C46H32Br2ClFN4O7/c1-60-35-21-31(38(47)39(48)40(35)55)37-28-18-19-29-36(44(58)53(42(29)56)27-16-6-22(7-17-27)41-51-33-4-2-3-5-34(33)61-41)30(28)20-32-43(57)54(52-26-14-12-25(50)13-15-26)45(59)46(32,37)23-8-10-24(49)11-9-23/h2-18,21,29-30,32,36-37,52,55H,19-20H2,1H3. The normalized spacial score (nSPS) is 24.5. The Morgan fingerprint density at radius 2 is 1.62 bits per heavy atom. The maximum Gasteiger partial charge on any atom is 0.260 e. The van der Waals surface area contributed by atoms with Crippen molar-refractivity contribution < 1.29 is 37.8 Å². The van der Waals surface area contributed by atoms with Crippen molar-refractivity contribution in [1.29, 1.82) is 0 Å². The summed E-state index contributed by atoms with van der Waals surface area (Å²) >= 11 is 13.6. The molecule has 4 amide bonds. The first-order valence-corrected chi connectivity index (χ1v) is 21.3. The highest BCUT2D eigenvalue weighted by Crippen LogP contribution is 2.66. The Morgan fingerprint density at radius 3 is 2.33 bits per heavy atom. The molecule has 5 aromatic carbocycles. The molecule has 2 N–H and O–H groups in total. The first kappa shape index (κ1) is 39.3. The SMILES string of the molecule is COc1cc(C2C3=CCC4C(=O)N(c5ccc(-c6nc7ccccc7o6)cc5)C(=O)C4C3CC3C(=O)N(Nc4ccc(F)cc4)C(=O)C32c2ccc(Cl)cc2)c(Br)c(Br)c1O. The van der Waals surface area contributed by atoms with Crippen molar-refractivity contribution in [1.82, 2.24) is 9.99 Å². The van der Waals surface area contributed by atoms with Gasteiger partial charge in [0.15, 0.2) is 17.1 Å². The number of aromatic hydroxyl groups is 1. The fraction of sp³-hybridized carbons (Fsp3) is 0.196. The van der Waals surface area contributed by atoms with Gasteiger partial charge in [-0.05, 0) is 141 Å². The molecule has 4 aliphatic rings. The molecule has 10 rings (SSSR count). The molecule has 0 radical (unpaired) electrons. The Hall–Kier alpha value is -5.83. The van der Waals surface area contributed by atoms with Crippen LogP contribution in [0.4, 0.5) is 15.8 Å². The van der Waals surface area contributed by atoms with E-state index in [1.807, 2.05) is 30.3 Å². The van der Waals surface area contributed by atoms with E-state index in [1.165, 1.54) is 36.3 Å². The lowest BCUT2D eigenvalue weighted by atomic mass is 9.49. The summed E-state index contributed by atoms with van der Waals surface area (Å²) in [5.41, 5.74) is 5.63. The van der Waals surface area contributed by atoms with Crippen molar-refractivity contribution in [3.63, 3.8) is 0 Å². The number of phenols is 1. The summed E-state index contributed by atoms with van der Waals surface area (Å²) in [6.45, 7) is 0. The van der Waals surface area contributed by atoms with Crippen LogP contribution >= 0.6 is 43.5 Å². The first-order valence-electron chi connectivity index (χ1n) is 19.4. The van der Waals surface area contributed by atoms with Crippen molar-refractivity contribution in [2.45, 2.75) is 24.2 Å². The molecular weight excluding hydrogens is 935 g/mol. The lowest BCUT2D eigenvalue weighted by Crippen LogP contribution is -2.53.